The molecule has 6 heteroatoms. The van der Waals surface area contributed by atoms with Crippen molar-refractivity contribution in [3.63, 3.8) is 0 Å². The van der Waals surface area contributed by atoms with E-state index in [0.29, 0.717) is 24.9 Å². The molecule has 0 saturated carbocycles. The van der Waals surface area contributed by atoms with Crippen LogP contribution in [-0.4, -0.2) is 29.3 Å². The normalized spacial score (nSPS) is 10.2. The van der Waals surface area contributed by atoms with Gasteiger partial charge in [-0.05, 0) is 24.3 Å². The van der Waals surface area contributed by atoms with Crippen LogP contribution in [0.5, 0.6) is 5.75 Å². The topological polar surface area (TPSA) is 77.2 Å². The lowest BCUT2D eigenvalue weighted by Crippen LogP contribution is -2.25. The Morgan fingerprint density at radius 3 is 2.63 bits per heavy atom. The maximum Gasteiger partial charge on any atom is 0.247 e. The number of benzene rings is 1. The Hall–Kier alpha value is -2.37. The maximum absolute atomic E-state index is 10.7. The number of aromatic nitrogens is 2. The molecule has 6 nitrogen and oxygen atoms in total. The Bertz CT molecular complexity index is 549. The van der Waals surface area contributed by atoms with Gasteiger partial charge in [-0.25, -0.2) is 0 Å². The Kier molecular flexibility index (Phi) is 4.12. The predicted molar refractivity (Wildman–Crippen MR) is 68.6 cm³/mol. The van der Waals surface area contributed by atoms with Gasteiger partial charge in [-0.3, -0.25) is 4.79 Å². The standard InChI is InChI=1S/C13H15N3O3/c1-9(17)14-7-8-18-12-5-3-11(4-6-12)13-16-15-10(2)19-13/h3-6H,7-8H2,1-2H3,(H,14,17). The Morgan fingerprint density at radius 2 is 2.05 bits per heavy atom. The minimum absolute atomic E-state index is 0.0642. The number of nitrogens with zero attached hydrogens (tertiary/aromatic N) is 2. The zero-order chi connectivity index (χ0) is 13.7. The van der Waals surface area contributed by atoms with Crippen molar-refractivity contribution in [2.75, 3.05) is 13.2 Å². The molecular formula is C13H15N3O3. The van der Waals surface area contributed by atoms with Crippen LogP contribution in [0.25, 0.3) is 11.5 Å². The van der Waals surface area contributed by atoms with Crippen LogP contribution >= 0.6 is 0 Å². The molecule has 0 aliphatic rings. The molecule has 0 spiro atoms. The Morgan fingerprint density at radius 1 is 1.32 bits per heavy atom. The molecule has 1 amide bonds. The van der Waals surface area contributed by atoms with Crippen molar-refractivity contribution in [3.8, 4) is 17.2 Å². The molecule has 0 unspecified atom stereocenters. The van der Waals surface area contributed by atoms with Gasteiger partial charge in [0.1, 0.15) is 12.4 Å². The van der Waals surface area contributed by atoms with Crippen LogP contribution in [-0.2, 0) is 4.79 Å². The van der Waals surface area contributed by atoms with Crippen molar-refractivity contribution in [1.29, 1.82) is 0 Å². The van der Waals surface area contributed by atoms with Crippen LogP contribution in [0.3, 0.4) is 0 Å². The van der Waals surface area contributed by atoms with Gasteiger partial charge in [0, 0.05) is 19.4 Å². The van der Waals surface area contributed by atoms with Crippen molar-refractivity contribution in [2.24, 2.45) is 0 Å². The average molecular weight is 261 g/mol. The summed E-state index contributed by atoms with van der Waals surface area (Å²) in [5.74, 6) is 1.68. The quantitative estimate of drug-likeness (QED) is 0.826. The highest BCUT2D eigenvalue weighted by molar-refractivity contribution is 5.72. The molecule has 0 saturated heterocycles. The van der Waals surface area contributed by atoms with E-state index in [4.69, 9.17) is 9.15 Å². The summed E-state index contributed by atoms with van der Waals surface area (Å²) in [5, 5.41) is 10.4. The van der Waals surface area contributed by atoms with E-state index in [0.717, 1.165) is 11.3 Å². The van der Waals surface area contributed by atoms with Crippen LogP contribution in [0, 0.1) is 6.92 Å². The number of hydrogen-bond donors (Lipinski definition) is 1. The maximum atomic E-state index is 10.7. The largest absolute Gasteiger partial charge is 0.492 e. The number of carbonyl (C=O) groups is 1. The van der Waals surface area contributed by atoms with Crippen molar-refractivity contribution in [2.45, 2.75) is 13.8 Å². The van der Waals surface area contributed by atoms with Gasteiger partial charge in [-0.1, -0.05) is 0 Å². The van der Waals surface area contributed by atoms with Gasteiger partial charge in [-0.2, -0.15) is 0 Å². The minimum Gasteiger partial charge on any atom is -0.492 e. The number of hydrogen-bond acceptors (Lipinski definition) is 5. The minimum atomic E-state index is -0.0642. The lowest BCUT2D eigenvalue weighted by atomic mass is 10.2. The number of carbonyl (C=O) groups excluding carboxylic acids is 1. The molecule has 0 atom stereocenters. The summed E-state index contributed by atoms with van der Waals surface area (Å²) in [6, 6.07) is 7.34. The third-order valence-corrected chi connectivity index (χ3v) is 2.37. The Labute approximate surface area is 110 Å². The highest BCUT2D eigenvalue weighted by Crippen LogP contribution is 2.20. The molecule has 0 fully saturated rings. The van der Waals surface area contributed by atoms with E-state index < -0.39 is 0 Å². The molecule has 2 rings (SSSR count). The summed E-state index contributed by atoms with van der Waals surface area (Å²) in [7, 11) is 0. The molecule has 0 aliphatic heterocycles. The summed E-state index contributed by atoms with van der Waals surface area (Å²) in [6.45, 7) is 4.13. The summed E-state index contributed by atoms with van der Waals surface area (Å²) >= 11 is 0. The summed E-state index contributed by atoms with van der Waals surface area (Å²) in [5.41, 5.74) is 0.842. The molecular weight excluding hydrogens is 246 g/mol. The van der Waals surface area contributed by atoms with Gasteiger partial charge in [0.25, 0.3) is 0 Å². The molecule has 0 radical (unpaired) electrons. The number of amides is 1. The molecule has 100 valence electrons. The van der Waals surface area contributed by atoms with Crippen LogP contribution in [0.4, 0.5) is 0 Å². The summed E-state index contributed by atoms with van der Waals surface area (Å²) in [4.78, 5) is 10.7. The number of ether oxygens (including phenoxy) is 1. The second kappa shape index (κ2) is 5.99. The second-order valence-electron chi connectivity index (χ2n) is 3.98. The third-order valence-electron chi connectivity index (χ3n) is 2.37. The molecule has 1 heterocycles. The number of nitrogens with one attached hydrogen (secondary N) is 1. The molecule has 0 bridgehead atoms. The third kappa shape index (κ3) is 3.80. The summed E-state index contributed by atoms with van der Waals surface area (Å²) < 4.78 is 10.8. The van der Waals surface area contributed by atoms with Gasteiger partial charge in [0.05, 0.1) is 6.54 Å². The Balaban J connectivity index is 1.90. The zero-order valence-electron chi connectivity index (χ0n) is 10.8. The molecule has 0 aliphatic carbocycles. The lowest BCUT2D eigenvalue weighted by molar-refractivity contribution is -0.119. The highest BCUT2D eigenvalue weighted by atomic mass is 16.5. The highest BCUT2D eigenvalue weighted by Gasteiger charge is 2.05. The SMILES string of the molecule is CC(=O)NCCOc1ccc(-c2nnc(C)o2)cc1. The van der Waals surface area contributed by atoms with Crippen molar-refractivity contribution in [3.05, 3.63) is 30.2 Å². The first-order valence-electron chi connectivity index (χ1n) is 5.93. The van der Waals surface area contributed by atoms with Crippen LogP contribution < -0.4 is 10.1 Å². The van der Waals surface area contributed by atoms with E-state index in [9.17, 15) is 4.79 Å². The van der Waals surface area contributed by atoms with E-state index in [2.05, 4.69) is 15.5 Å². The van der Waals surface area contributed by atoms with Gasteiger partial charge < -0.3 is 14.5 Å². The second-order valence-corrected chi connectivity index (χ2v) is 3.98. The van der Waals surface area contributed by atoms with E-state index in [1.54, 1.807) is 6.92 Å². The predicted octanol–water partition coefficient (Wildman–Crippen LogP) is 1.56. The average Bonchev–Trinajstić information content (AvgIpc) is 2.82. The van der Waals surface area contributed by atoms with E-state index in [1.807, 2.05) is 24.3 Å². The van der Waals surface area contributed by atoms with Gasteiger partial charge >= 0.3 is 0 Å². The van der Waals surface area contributed by atoms with Crippen molar-refractivity contribution in [1.82, 2.24) is 15.5 Å². The number of aryl methyl sites for hydroxylation is 1. The van der Waals surface area contributed by atoms with Gasteiger partial charge in [-0.15, -0.1) is 10.2 Å². The lowest BCUT2D eigenvalue weighted by Gasteiger charge is -2.06. The van der Waals surface area contributed by atoms with Gasteiger partial charge in [0.2, 0.25) is 17.7 Å². The summed E-state index contributed by atoms with van der Waals surface area (Å²) in [6.07, 6.45) is 0. The van der Waals surface area contributed by atoms with Crippen molar-refractivity contribution < 1.29 is 13.9 Å². The van der Waals surface area contributed by atoms with E-state index in [-0.39, 0.29) is 5.91 Å². The van der Waals surface area contributed by atoms with Crippen LogP contribution in [0.1, 0.15) is 12.8 Å². The molecule has 1 N–H and O–H groups in total. The smallest absolute Gasteiger partial charge is 0.247 e. The first-order valence-corrected chi connectivity index (χ1v) is 5.93. The first-order chi connectivity index (χ1) is 9.15. The van der Waals surface area contributed by atoms with Crippen LogP contribution in [0.2, 0.25) is 0 Å². The van der Waals surface area contributed by atoms with E-state index in [1.165, 1.54) is 6.92 Å². The first kappa shape index (κ1) is 13.1. The van der Waals surface area contributed by atoms with Crippen LogP contribution in [0.15, 0.2) is 28.7 Å². The van der Waals surface area contributed by atoms with Crippen molar-refractivity contribution >= 4 is 5.91 Å². The molecule has 1 aromatic heterocycles. The fourth-order valence-electron chi connectivity index (χ4n) is 1.50. The molecule has 1 aromatic carbocycles. The zero-order valence-corrected chi connectivity index (χ0v) is 10.8. The molecule has 19 heavy (non-hydrogen) atoms. The fraction of sp³-hybridized carbons (Fsp3) is 0.308. The number of rotatable bonds is 5. The fourth-order valence-corrected chi connectivity index (χ4v) is 1.50. The monoisotopic (exact) mass is 261 g/mol. The van der Waals surface area contributed by atoms with E-state index >= 15 is 0 Å². The molecule has 2 aromatic rings. The van der Waals surface area contributed by atoms with Gasteiger partial charge in [0.15, 0.2) is 0 Å².